The standard InChI is InChI=1S/C14H30O6S2/c1-10(2)7-12(5)14(22(18,19)20,9-21(15,16)17)13(6)8-11(3)4/h10-13H,7-9H2,1-6H3,(H,15,16,17)(H,18,19,20). The molecule has 22 heavy (non-hydrogen) atoms. The molecule has 0 aliphatic heterocycles. The molecule has 2 N–H and O–H groups in total. The van der Waals surface area contributed by atoms with Gasteiger partial charge in [-0.1, -0.05) is 41.5 Å². The summed E-state index contributed by atoms with van der Waals surface area (Å²) in [5, 5.41) is 0. The molecule has 0 heterocycles. The lowest BCUT2D eigenvalue weighted by molar-refractivity contribution is 0.225. The minimum absolute atomic E-state index is 0.128. The monoisotopic (exact) mass is 358 g/mol. The van der Waals surface area contributed by atoms with Crippen LogP contribution in [0, 0.1) is 23.7 Å². The van der Waals surface area contributed by atoms with Gasteiger partial charge in [0.15, 0.2) is 0 Å². The number of hydrogen-bond donors (Lipinski definition) is 2. The van der Waals surface area contributed by atoms with Crippen molar-refractivity contribution in [3.63, 3.8) is 0 Å². The zero-order chi connectivity index (χ0) is 17.9. The van der Waals surface area contributed by atoms with Gasteiger partial charge in [0.05, 0.1) is 5.75 Å². The maximum absolute atomic E-state index is 12.2. The molecule has 0 fully saturated rings. The lowest BCUT2D eigenvalue weighted by Gasteiger charge is -2.41. The Balaban J connectivity index is 6.17. The second-order valence-corrected chi connectivity index (χ2v) is 10.4. The molecule has 0 radical (unpaired) electrons. The van der Waals surface area contributed by atoms with Gasteiger partial charge in [-0.25, -0.2) is 0 Å². The molecule has 0 aliphatic carbocycles. The van der Waals surface area contributed by atoms with Crippen LogP contribution >= 0.6 is 0 Å². The first-order chi connectivity index (χ1) is 9.63. The summed E-state index contributed by atoms with van der Waals surface area (Å²) in [7, 11) is -9.25. The molecule has 0 rings (SSSR count). The van der Waals surface area contributed by atoms with Gasteiger partial charge in [-0.2, -0.15) is 16.8 Å². The second kappa shape index (κ2) is 7.59. The molecule has 0 amide bonds. The summed E-state index contributed by atoms with van der Waals surface area (Å²) in [6, 6.07) is 0. The third kappa shape index (κ3) is 5.79. The molecule has 134 valence electrons. The summed E-state index contributed by atoms with van der Waals surface area (Å²) in [5.41, 5.74) is 0. The van der Waals surface area contributed by atoms with Crippen molar-refractivity contribution in [2.75, 3.05) is 5.75 Å². The molecule has 0 spiro atoms. The Morgan fingerprint density at radius 3 is 1.27 bits per heavy atom. The Morgan fingerprint density at radius 2 is 1.09 bits per heavy atom. The van der Waals surface area contributed by atoms with E-state index in [1.54, 1.807) is 13.8 Å². The van der Waals surface area contributed by atoms with Gasteiger partial charge in [-0.15, -0.1) is 0 Å². The van der Waals surface area contributed by atoms with Crippen molar-refractivity contribution in [2.24, 2.45) is 23.7 Å². The maximum Gasteiger partial charge on any atom is 0.272 e. The molecule has 2 unspecified atom stereocenters. The summed E-state index contributed by atoms with van der Waals surface area (Å²) in [4.78, 5) is 0. The highest BCUT2D eigenvalue weighted by Gasteiger charge is 2.54. The SMILES string of the molecule is CC(C)CC(C)C(CS(=O)(=O)O)(C(C)CC(C)C)S(=O)(=O)O. The normalized spacial score (nSPS) is 19.2. The molecule has 0 aliphatic rings. The molecule has 6 nitrogen and oxygen atoms in total. The molecule has 8 heteroatoms. The van der Waals surface area contributed by atoms with Gasteiger partial charge in [0.2, 0.25) is 0 Å². The van der Waals surface area contributed by atoms with Crippen LogP contribution in [0.4, 0.5) is 0 Å². The fourth-order valence-electron chi connectivity index (χ4n) is 3.45. The van der Waals surface area contributed by atoms with E-state index in [0.29, 0.717) is 12.8 Å². The van der Waals surface area contributed by atoms with Crippen LogP contribution in [-0.2, 0) is 20.2 Å². The van der Waals surface area contributed by atoms with Gasteiger partial charge < -0.3 is 0 Å². The molecule has 2 atom stereocenters. The predicted molar refractivity (Wildman–Crippen MR) is 87.9 cm³/mol. The highest BCUT2D eigenvalue weighted by Crippen LogP contribution is 2.41. The van der Waals surface area contributed by atoms with Crippen molar-refractivity contribution in [1.82, 2.24) is 0 Å². The number of rotatable bonds is 9. The van der Waals surface area contributed by atoms with Crippen molar-refractivity contribution in [3.8, 4) is 0 Å². The van der Waals surface area contributed by atoms with Crippen LogP contribution < -0.4 is 0 Å². The van der Waals surface area contributed by atoms with Crippen LogP contribution in [0.5, 0.6) is 0 Å². The quantitative estimate of drug-likeness (QED) is 0.613. The van der Waals surface area contributed by atoms with E-state index in [0.717, 1.165) is 0 Å². The van der Waals surface area contributed by atoms with Crippen molar-refractivity contribution >= 4 is 20.2 Å². The zero-order valence-corrected chi connectivity index (χ0v) is 15.9. The van der Waals surface area contributed by atoms with Crippen molar-refractivity contribution in [1.29, 1.82) is 0 Å². The van der Waals surface area contributed by atoms with Crippen LogP contribution in [0.1, 0.15) is 54.4 Å². The fraction of sp³-hybridized carbons (Fsp3) is 1.00. The van der Waals surface area contributed by atoms with E-state index in [1.165, 1.54) is 0 Å². The topological polar surface area (TPSA) is 109 Å². The Bertz CT molecular complexity index is 532. The molecule has 0 bridgehead atoms. The van der Waals surface area contributed by atoms with E-state index in [2.05, 4.69) is 0 Å². The Morgan fingerprint density at radius 1 is 0.773 bits per heavy atom. The Hall–Kier alpha value is -0.180. The van der Waals surface area contributed by atoms with Crippen LogP contribution in [0.2, 0.25) is 0 Å². The average Bonchev–Trinajstić information content (AvgIpc) is 2.20. The molecule has 0 aromatic heterocycles. The molecular formula is C14H30O6S2. The molecule has 0 saturated carbocycles. The first-order valence-electron chi connectivity index (χ1n) is 7.55. The summed E-state index contributed by atoms with van der Waals surface area (Å²) in [6.45, 7) is 10.8. The molecule has 0 aromatic rings. The van der Waals surface area contributed by atoms with E-state index in [-0.39, 0.29) is 11.8 Å². The molecule has 0 saturated heterocycles. The van der Waals surface area contributed by atoms with E-state index in [4.69, 9.17) is 0 Å². The largest absolute Gasteiger partial charge is 0.285 e. The number of hydrogen-bond acceptors (Lipinski definition) is 4. The maximum atomic E-state index is 12.2. The van der Waals surface area contributed by atoms with Gasteiger partial charge in [0.1, 0.15) is 4.75 Å². The van der Waals surface area contributed by atoms with Crippen molar-refractivity contribution in [2.45, 2.75) is 59.1 Å². The molecular weight excluding hydrogens is 328 g/mol. The van der Waals surface area contributed by atoms with E-state index < -0.39 is 42.6 Å². The van der Waals surface area contributed by atoms with Gasteiger partial charge in [0.25, 0.3) is 20.2 Å². The minimum Gasteiger partial charge on any atom is -0.285 e. The van der Waals surface area contributed by atoms with E-state index in [1.807, 2.05) is 27.7 Å². The van der Waals surface area contributed by atoms with Gasteiger partial charge in [0, 0.05) is 0 Å². The van der Waals surface area contributed by atoms with Crippen molar-refractivity contribution < 1.29 is 25.9 Å². The van der Waals surface area contributed by atoms with E-state index >= 15 is 0 Å². The van der Waals surface area contributed by atoms with Crippen LogP contribution in [0.15, 0.2) is 0 Å². The Labute approximate surface area is 135 Å². The smallest absolute Gasteiger partial charge is 0.272 e. The Kier molecular flexibility index (Phi) is 7.53. The third-order valence-corrected chi connectivity index (χ3v) is 7.14. The zero-order valence-electron chi connectivity index (χ0n) is 14.3. The first-order valence-corrected chi connectivity index (χ1v) is 10.6. The second-order valence-electron chi connectivity index (χ2n) is 7.22. The minimum atomic E-state index is -4.69. The first kappa shape index (κ1) is 21.8. The third-order valence-electron chi connectivity index (χ3n) is 4.21. The van der Waals surface area contributed by atoms with Crippen LogP contribution in [0.3, 0.4) is 0 Å². The predicted octanol–water partition coefficient (Wildman–Crippen LogP) is 2.87. The summed E-state index contributed by atoms with van der Waals surface area (Å²) in [6.07, 6.45) is 0.857. The molecule has 0 aromatic carbocycles. The van der Waals surface area contributed by atoms with Gasteiger partial charge in [-0.3, -0.25) is 9.11 Å². The van der Waals surface area contributed by atoms with Crippen LogP contribution in [0.25, 0.3) is 0 Å². The van der Waals surface area contributed by atoms with Gasteiger partial charge >= 0.3 is 0 Å². The van der Waals surface area contributed by atoms with Gasteiger partial charge in [-0.05, 0) is 36.5 Å². The highest BCUT2D eigenvalue weighted by molar-refractivity contribution is 7.90. The highest BCUT2D eigenvalue weighted by atomic mass is 32.2. The average molecular weight is 359 g/mol. The van der Waals surface area contributed by atoms with Crippen molar-refractivity contribution in [3.05, 3.63) is 0 Å². The lowest BCUT2D eigenvalue weighted by atomic mass is 9.76. The van der Waals surface area contributed by atoms with E-state index in [9.17, 15) is 25.9 Å². The lowest BCUT2D eigenvalue weighted by Crippen LogP contribution is -2.55. The summed E-state index contributed by atoms with van der Waals surface area (Å²) in [5.74, 6) is -1.95. The van der Waals surface area contributed by atoms with Crippen LogP contribution in [-0.4, -0.2) is 36.4 Å². The summed E-state index contributed by atoms with van der Waals surface area (Å²) >= 11 is 0. The summed E-state index contributed by atoms with van der Waals surface area (Å²) < 4.78 is 64.4. The fourth-order valence-corrected chi connectivity index (χ4v) is 6.84.